The van der Waals surface area contributed by atoms with Crippen molar-refractivity contribution >= 4 is 11.6 Å². The van der Waals surface area contributed by atoms with Crippen molar-refractivity contribution in [2.45, 2.75) is 25.5 Å². The number of benzene rings is 1. The number of aromatic nitrogens is 2. The smallest absolute Gasteiger partial charge is 0.270 e. The second kappa shape index (κ2) is 7.27. The maximum atomic E-state index is 12.4. The second-order valence-electron chi connectivity index (χ2n) is 5.93. The molecule has 6 heteroatoms. The molecule has 6 nitrogen and oxygen atoms in total. The Morgan fingerprint density at radius 3 is 2.68 bits per heavy atom. The zero-order chi connectivity index (χ0) is 17.8. The maximum Gasteiger partial charge on any atom is 0.270 e. The molecule has 128 valence electrons. The number of amides is 1. The van der Waals surface area contributed by atoms with Crippen LogP contribution in [0, 0.1) is 0 Å². The molecular formula is C19H19N3O3. The van der Waals surface area contributed by atoms with Gasteiger partial charge in [0, 0.05) is 18.8 Å². The summed E-state index contributed by atoms with van der Waals surface area (Å²) in [6.07, 6.45) is 2.48. The number of aliphatic hydroxyl groups excluding tert-OH is 1. The van der Waals surface area contributed by atoms with Crippen LogP contribution in [0.4, 0.5) is 0 Å². The van der Waals surface area contributed by atoms with Gasteiger partial charge in [-0.15, -0.1) is 0 Å². The van der Waals surface area contributed by atoms with Crippen LogP contribution >= 0.6 is 0 Å². The number of fused-ring (bicyclic) bond motifs is 1. The second-order valence-corrected chi connectivity index (χ2v) is 5.93. The van der Waals surface area contributed by atoms with Crippen LogP contribution in [-0.2, 0) is 6.42 Å². The summed E-state index contributed by atoms with van der Waals surface area (Å²) in [7, 11) is 0. The van der Waals surface area contributed by atoms with Crippen molar-refractivity contribution in [3.63, 3.8) is 0 Å². The Bertz CT molecular complexity index is 937. The lowest BCUT2D eigenvalue weighted by atomic mass is 10.0. The molecule has 2 aromatic heterocycles. The summed E-state index contributed by atoms with van der Waals surface area (Å²) in [6, 6.07) is 14.2. The number of pyridine rings is 1. The molecule has 2 N–H and O–H groups in total. The van der Waals surface area contributed by atoms with Gasteiger partial charge >= 0.3 is 0 Å². The summed E-state index contributed by atoms with van der Waals surface area (Å²) in [5.41, 5.74) is 0.958. The molecule has 0 aliphatic rings. The Labute approximate surface area is 144 Å². The molecule has 1 aromatic carbocycles. The molecule has 3 rings (SSSR count). The van der Waals surface area contributed by atoms with E-state index in [4.69, 9.17) is 0 Å². The summed E-state index contributed by atoms with van der Waals surface area (Å²) in [5.74, 6) is -0.546. The first-order valence-corrected chi connectivity index (χ1v) is 8.05. The average molecular weight is 337 g/mol. The van der Waals surface area contributed by atoms with Crippen molar-refractivity contribution in [3.8, 4) is 0 Å². The molecular weight excluding hydrogens is 318 g/mol. The topological polar surface area (TPSA) is 83.7 Å². The van der Waals surface area contributed by atoms with Crippen LogP contribution in [0.25, 0.3) is 5.65 Å². The van der Waals surface area contributed by atoms with Gasteiger partial charge in [0.1, 0.15) is 11.2 Å². The third kappa shape index (κ3) is 3.75. The Kier molecular flexibility index (Phi) is 4.90. The maximum absolute atomic E-state index is 12.4. The highest BCUT2D eigenvalue weighted by molar-refractivity contribution is 5.93. The van der Waals surface area contributed by atoms with Crippen LogP contribution in [0.15, 0.2) is 65.7 Å². The molecule has 2 atom stereocenters. The van der Waals surface area contributed by atoms with Crippen LogP contribution in [-0.4, -0.2) is 32.5 Å². The Hall–Kier alpha value is -2.99. The fourth-order valence-corrected chi connectivity index (χ4v) is 2.60. The highest BCUT2D eigenvalue weighted by Crippen LogP contribution is 2.06. The highest BCUT2D eigenvalue weighted by Gasteiger charge is 2.20. The fourth-order valence-electron chi connectivity index (χ4n) is 2.60. The predicted molar refractivity (Wildman–Crippen MR) is 94.5 cm³/mol. The largest absolute Gasteiger partial charge is 0.391 e. The van der Waals surface area contributed by atoms with E-state index < -0.39 is 23.6 Å². The molecule has 0 saturated heterocycles. The lowest BCUT2D eigenvalue weighted by Gasteiger charge is -2.20. The van der Waals surface area contributed by atoms with Crippen LogP contribution in [0.2, 0.25) is 0 Å². The monoisotopic (exact) mass is 337 g/mol. The molecule has 2 unspecified atom stereocenters. The van der Waals surface area contributed by atoms with E-state index in [0.29, 0.717) is 12.1 Å². The quantitative estimate of drug-likeness (QED) is 0.737. The number of carbonyl (C=O) groups excluding carboxylic acids is 1. The molecule has 0 aliphatic heterocycles. The molecule has 1 amide bonds. The predicted octanol–water partition coefficient (Wildman–Crippen LogP) is 1.42. The molecule has 0 fully saturated rings. The molecule has 0 saturated carbocycles. The van der Waals surface area contributed by atoms with Crippen LogP contribution < -0.4 is 10.9 Å². The Morgan fingerprint density at radius 1 is 1.20 bits per heavy atom. The summed E-state index contributed by atoms with van der Waals surface area (Å²) in [6.45, 7) is 1.71. The summed E-state index contributed by atoms with van der Waals surface area (Å²) < 4.78 is 1.32. The van der Waals surface area contributed by atoms with E-state index in [0.717, 1.165) is 5.56 Å². The fraction of sp³-hybridized carbons (Fsp3) is 0.211. The van der Waals surface area contributed by atoms with Crippen LogP contribution in [0.5, 0.6) is 0 Å². The van der Waals surface area contributed by atoms with Crippen molar-refractivity contribution in [1.29, 1.82) is 0 Å². The Morgan fingerprint density at radius 2 is 1.92 bits per heavy atom. The van der Waals surface area contributed by atoms with Gasteiger partial charge in [-0.2, -0.15) is 0 Å². The molecule has 2 heterocycles. The van der Waals surface area contributed by atoms with Crippen LogP contribution in [0.1, 0.15) is 22.8 Å². The number of nitrogens with one attached hydrogen (secondary N) is 1. The minimum absolute atomic E-state index is 0.0533. The zero-order valence-electron chi connectivity index (χ0n) is 13.8. The molecule has 0 bridgehead atoms. The van der Waals surface area contributed by atoms with Gasteiger partial charge < -0.3 is 10.4 Å². The van der Waals surface area contributed by atoms with Crippen molar-refractivity contribution in [1.82, 2.24) is 14.7 Å². The van der Waals surface area contributed by atoms with Gasteiger partial charge in [0.15, 0.2) is 0 Å². The number of carbonyl (C=O) groups is 1. The molecule has 3 aromatic rings. The van der Waals surface area contributed by atoms with Crippen molar-refractivity contribution in [2.75, 3.05) is 0 Å². The molecule has 0 aliphatic carbocycles. The summed E-state index contributed by atoms with van der Waals surface area (Å²) in [4.78, 5) is 28.9. The van der Waals surface area contributed by atoms with Gasteiger partial charge in [-0.05, 0) is 24.6 Å². The minimum Gasteiger partial charge on any atom is -0.391 e. The average Bonchev–Trinajstić information content (AvgIpc) is 2.63. The van der Waals surface area contributed by atoms with Gasteiger partial charge in [-0.25, -0.2) is 4.98 Å². The van der Waals surface area contributed by atoms with Crippen LogP contribution in [0.3, 0.4) is 0 Å². The molecule has 0 radical (unpaired) electrons. The third-order valence-corrected chi connectivity index (χ3v) is 4.08. The van der Waals surface area contributed by atoms with E-state index in [2.05, 4.69) is 10.3 Å². The van der Waals surface area contributed by atoms with E-state index in [1.165, 1.54) is 10.6 Å². The van der Waals surface area contributed by atoms with Gasteiger partial charge in [-0.3, -0.25) is 14.0 Å². The van der Waals surface area contributed by atoms with Gasteiger partial charge in [0.25, 0.3) is 11.5 Å². The lowest BCUT2D eigenvalue weighted by molar-refractivity contribution is 0.0850. The minimum atomic E-state index is -0.762. The first-order valence-electron chi connectivity index (χ1n) is 8.05. The summed E-state index contributed by atoms with van der Waals surface area (Å²) in [5, 5.41) is 13.0. The number of nitrogens with zero attached hydrogens (tertiary/aromatic N) is 2. The van der Waals surface area contributed by atoms with E-state index >= 15 is 0 Å². The third-order valence-electron chi connectivity index (χ3n) is 4.08. The van der Waals surface area contributed by atoms with Gasteiger partial charge in [0.2, 0.25) is 0 Å². The number of hydrogen-bond acceptors (Lipinski definition) is 4. The normalized spacial score (nSPS) is 13.4. The van der Waals surface area contributed by atoms with Crippen molar-refractivity contribution < 1.29 is 9.90 Å². The van der Waals surface area contributed by atoms with Gasteiger partial charge in [0.05, 0.1) is 12.1 Å². The molecule has 25 heavy (non-hydrogen) atoms. The Balaban J connectivity index is 1.73. The zero-order valence-corrected chi connectivity index (χ0v) is 13.8. The SMILES string of the molecule is CC(NC(=O)c1cnc2ccccn2c1=O)C(O)Cc1ccccc1. The van der Waals surface area contributed by atoms with E-state index in [1.54, 1.807) is 31.3 Å². The molecule has 0 spiro atoms. The lowest BCUT2D eigenvalue weighted by Crippen LogP contribution is -2.44. The van der Waals surface area contributed by atoms with Crippen molar-refractivity contribution in [2.24, 2.45) is 0 Å². The summed E-state index contributed by atoms with van der Waals surface area (Å²) >= 11 is 0. The number of rotatable bonds is 5. The highest BCUT2D eigenvalue weighted by atomic mass is 16.3. The van der Waals surface area contributed by atoms with Crippen molar-refractivity contribution in [3.05, 3.63) is 82.4 Å². The number of hydrogen-bond donors (Lipinski definition) is 2. The van der Waals surface area contributed by atoms with Gasteiger partial charge in [-0.1, -0.05) is 36.4 Å². The first kappa shape index (κ1) is 16.9. The standard InChI is InChI=1S/C19H19N3O3/c1-13(16(23)11-14-7-3-2-4-8-14)21-18(24)15-12-20-17-9-5-6-10-22(17)19(15)25/h2-10,12-13,16,23H,11H2,1H3,(H,21,24). The van der Waals surface area contributed by atoms with E-state index in [9.17, 15) is 14.7 Å². The first-order chi connectivity index (χ1) is 12.1. The number of aliphatic hydroxyl groups is 1. The van der Waals surface area contributed by atoms with E-state index in [1.807, 2.05) is 30.3 Å². The van der Waals surface area contributed by atoms with E-state index in [-0.39, 0.29) is 5.56 Å².